The zero-order chi connectivity index (χ0) is 23.4. The number of aliphatic hydroxyl groups excluding tert-OH is 1. The van der Waals surface area contributed by atoms with Gasteiger partial charge < -0.3 is 20.1 Å². The van der Waals surface area contributed by atoms with E-state index in [4.69, 9.17) is 4.74 Å². The van der Waals surface area contributed by atoms with E-state index >= 15 is 0 Å². The summed E-state index contributed by atoms with van der Waals surface area (Å²) in [6.45, 7) is 4.05. The molecule has 2 aromatic rings. The van der Waals surface area contributed by atoms with E-state index in [1.807, 2.05) is 48.2 Å². The molecule has 1 aromatic carbocycles. The summed E-state index contributed by atoms with van der Waals surface area (Å²) in [7, 11) is 1.62. The lowest BCUT2D eigenvalue weighted by atomic mass is 10.0. The first-order valence-electron chi connectivity index (χ1n) is 11.5. The number of aryl methyl sites for hydroxylation is 1. The maximum absolute atomic E-state index is 13.0. The number of carbonyl (C=O) groups is 2. The van der Waals surface area contributed by atoms with Crippen LogP contribution in [0.4, 0.5) is 0 Å². The third-order valence-corrected chi connectivity index (χ3v) is 6.60. The van der Waals surface area contributed by atoms with Crippen LogP contribution in [0, 0.1) is 6.92 Å². The molecule has 0 unspecified atom stereocenters. The highest BCUT2D eigenvalue weighted by atomic mass is 16.5. The third-order valence-electron chi connectivity index (χ3n) is 6.60. The summed E-state index contributed by atoms with van der Waals surface area (Å²) in [4.78, 5) is 34.0. The average Bonchev–Trinajstić information content (AvgIpc) is 3.24. The second-order valence-corrected chi connectivity index (χ2v) is 8.88. The van der Waals surface area contributed by atoms with E-state index in [0.29, 0.717) is 38.2 Å². The summed E-state index contributed by atoms with van der Waals surface area (Å²) in [5.74, 6) is 0.677. The van der Waals surface area contributed by atoms with E-state index in [1.165, 1.54) is 0 Å². The summed E-state index contributed by atoms with van der Waals surface area (Å²) in [6.07, 6.45) is 3.09. The first kappa shape index (κ1) is 23.2. The number of carbonyl (C=O) groups excluding carboxylic acids is 2. The van der Waals surface area contributed by atoms with E-state index in [-0.39, 0.29) is 23.9 Å². The van der Waals surface area contributed by atoms with Gasteiger partial charge in [-0.1, -0.05) is 12.1 Å². The molecular formula is C25H32N4O4. The quantitative estimate of drug-likeness (QED) is 0.694. The van der Waals surface area contributed by atoms with Gasteiger partial charge >= 0.3 is 0 Å². The van der Waals surface area contributed by atoms with Gasteiger partial charge in [-0.15, -0.1) is 0 Å². The van der Waals surface area contributed by atoms with Crippen molar-refractivity contribution in [2.75, 3.05) is 26.7 Å². The Hall–Kier alpha value is -2.97. The number of benzene rings is 1. The van der Waals surface area contributed by atoms with Gasteiger partial charge in [0.15, 0.2) is 0 Å². The number of rotatable bonds is 6. The van der Waals surface area contributed by atoms with Gasteiger partial charge in [0.05, 0.1) is 24.8 Å². The summed E-state index contributed by atoms with van der Waals surface area (Å²) in [5.41, 5.74) is 2.45. The first-order valence-corrected chi connectivity index (χ1v) is 11.5. The average molecular weight is 453 g/mol. The van der Waals surface area contributed by atoms with Crippen molar-refractivity contribution in [3.05, 3.63) is 59.4 Å². The lowest BCUT2D eigenvalue weighted by molar-refractivity contribution is -0.126. The Morgan fingerprint density at radius 1 is 1.21 bits per heavy atom. The molecule has 0 saturated carbocycles. The van der Waals surface area contributed by atoms with Crippen molar-refractivity contribution in [1.82, 2.24) is 20.1 Å². The first-order chi connectivity index (χ1) is 15.9. The summed E-state index contributed by atoms with van der Waals surface area (Å²) in [6, 6.07) is 11.1. The number of ether oxygens (including phenoxy) is 1. The molecule has 2 atom stereocenters. The Morgan fingerprint density at radius 2 is 2.00 bits per heavy atom. The molecule has 2 aliphatic heterocycles. The molecule has 2 N–H and O–H groups in total. The van der Waals surface area contributed by atoms with Gasteiger partial charge in [-0.3, -0.25) is 19.5 Å². The second kappa shape index (κ2) is 10.3. The molecule has 0 spiro atoms. The SMILES string of the molecule is COc1cccc(CNC(=O)[C@@H]2C[C@@H](O)CN2C2CCN(C(=O)c3ccc(C)nc3)CC2)c1. The fourth-order valence-corrected chi connectivity index (χ4v) is 4.77. The van der Waals surface area contributed by atoms with Crippen molar-refractivity contribution in [2.24, 2.45) is 0 Å². The Balaban J connectivity index is 1.33. The number of hydrogen-bond acceptors (Lipinski definition) is 6. The molecule has 2 fully saturated rings. The zero-order valence-corrected chi connectivity index (χ0v) is 19.2. The molecule has 33 heavy (non-hydrogen) atoms. The highest BCUT2D eigenvalue weighted by Gasteiger charge is 2.41. The summed E-state index contributed by atoms with van der Waals surface area (Å²) in [5, 5.41) is 13.3. The number of amides is 2. The molecule has 176 valence electrons. The van der Waals surface area contributed by atoms with Crippen molar-refractivity contribution in [2.45, 2.75) is 50.9 Å². The standard InChI is InChI=1S/C25H32N4O4/c1-17-6-7-19(15-26-17)25(32)28-10-8-20(9-11-28)29-16-21(30)13-23(29)24(31)27-14-18-4-3-5-22(12-18)33-2/h3-7,12,15,20-21,23,30H,8-11,13-14,16H2,1-2H3,(H,27,31)/t21-,23+/m1/s1. The van der Waals surface area contributed by atoms with Crippen LogP contribution < -0.4 is 10.1 Å². The molecular weight excluding hydrogens is 420 g/mol. The minimum absolute atomic E-state index is 0.00464. The lowest BCUT2D eigenvalue weighted by Crippen LogP contribution is -2.52. The molecule has 0 aliphatic carbocycles. The van der Waals surface area contributed by atoms with Gasteiger partial charge in [-0.2, -0.15) is 0 Å². The monoisotopic (exact) mass is 452 g/mol. The maximum Gasteiger partial charge on any atom is 0.255 e. The van der Waals surface area contributed by atoms with Crippen LogP contribution in [-0.4, -0.2) is 76.6 Å². The Bertz CT molecular complexity index is 973. The largest absolute Gasteiger partial charge is 0.497 e. The fourth-order valence-electron chi connectivity index (χ4n) is 4.77. The molecule has 4 rings (SSSR count). The van der Waals surface area contributed by atoms with Crippen LogP contribution >= 0.6 is 0 Å². The predicted molar refractivity (Wildman–Crippen MR) is 124 cm³/mol. The number of pyridine rings is 1. The Morgan fingerprint density at radius 3 is 2.70 bits per heavy atom. The topological polar surface area (TPSA) is 95.0 Å². The van der Waals surface area contributed by atoms with Crippen molar-refractivity contribution < 1.29 is 19.4 Å². The van der Waals surface area contributed by atoms with Gasteiger partial charge in [0, 0.05) is 44.1 Å². The smallest absolute Gasteiger partial charge is 0.255 e. The molecule has 3 heterocycles. The number of aromatic nitrogens is 1. The molecule has 2 saturated heterocycles. The number of piperidine rings is 1. The minimum atomic E-state index is -0.518. The van der Waals surface area contributed by atoms with Gasteiger partial charge in [-0.05, 0) is 56.0 Å². The Kier molecular flexibility index (Phi) is 7.25. The van der Waals surface area contributed by atoms with Crippen molar-refractivity contribution in [1.29, 1.82) is 0 Å². The number of hydrogen-bond donors (Lipinski definition) is 2. The maximum atomic E-state index is 13.0. The van der Waals surface area contributed by atoms with E-state index in [2.05, 4.69) is 15.2 Å². The number of nitrogens with zero attached hydrogens (tertiary/aromatic N) is 3. The predicted octanol–water partition coefficient (Wildman–Crippen LogP) is 1.75. The van der Waals surface area contributed by atoms with Crippen LogP contribution in [-0.2, 0) is 11.3 Å². The van der Waals surface area contributed by atoms with Crippen molar-refractivity contribution in [3.8, 4) is 5.75 Å². The van der Waals surface area contributed by atoms with Crippen LogP contribution in [0.2, 0.25) is 0 Å². The van der Waals surface area contributed by atoms with Crippen LogP contribution in [0.25, 0.3) is 0 Å². The number of nitrogens with one attached hydrogen (secondary N) is 1. The summed E-state index contributed by atoms with van der Waals surface area (Å²) < 4.78 is 5.25. The van der Waals surface area contributed by atoms with E-state index < -0.39 is 6.10 Å². The van der Waals surface area contributed by atoms with Gasteiger partial charge in [0.2, 0.25) is 5.91 Å². The van der Waals surface area contributed by atoms with Gasteiger partial charge in [0.1, 0.15) is 5.75 Å². The minimum Gasteiger partial charge on any atom is -0.497 e. The van der Waals surface area contributed by atoms with Gasteiger partial charge in [0.25, 0.3) is 5.91 Å². The molecule has 8 heteroatoms. The lowest BCUT2D eigenvalue weighted by Gasteiger charge is -2.38. The number of aliphatic hydroxyl groups is 1. The Labute approximate surface area is 194 Å². The fraction of sp³-hybridized carbons (Fsp3) is 0.480. The summed E-state index contributed by atoms with van der Waals surface area (Å²) >= 11 is 0. The van der Waals surface area contributed by atoms with Crippen molar-refractivity contribution >= 4 is 11.8 Å². The highest BCUT2D eigenvalue weighted by Crippen LogP contribution is 2.27. The number of likely N-dealkylation sites (tertiary alicyclic amines) is 2. The molecule has 0 bridgehead atoms. The zero-order valence-electron chi connectivity index (χ0n) is 19.2. The van der Waals surface area contributed by atoms with Crippen LogP contribution in [0.5, 0.6) is 5.75 Å². The van der Waals surface area contributed by atoms with Crippen LogP contribution in [0.15, 0.2) is 42.6 Å². The molecule has 8 nitrogen and oxygen atoms in total. The van der Waals surface area contributed by atoms with Crippen LogP contribution in [0.1, 0.15) is 40.9 Å². The molecule has 1 aromatic heterocycles. The molecule has 2 aliphatic rings. The van der Waals surface area contributed by atoms with Crippen LogP contribution in [0.3, 0.4) is 0 Å². The van der Waals surface area contributed by atoms with Gasteiger partial charge in [-0.25, -0.2) is 0 Å². The van der Waals surface area contributed by atoms with Crippen molar-refractivity contribution in [3.63, 3.8) is 0 Å². The van der Waals surface area contributed by atoms with E-state index in [1.54, 1.807) is 13.3 Å². The normalized spacial score (nSPS) is 21.7. The van der Waals surface area contributed by atoms with E-state index in [9.17, 15) is 14.7 Å². The second-order valence-electron chi connectivity index (χ2n) is 8.88. The third kappa shape index (κ3) is 5.51. The van der Waals surface area contributed by atoms with E-state index in [0.717, 1.165) is 29.8 Å². The number of methoxy groups -OCH3 is 1. The highest BCUT2D eigenvalue weighted by molar-refractivity contribution is 5.94. The molecule has 0 radical (unpaired) electrons. The number of β-amino-alcohol motifs (C(OH)–C–C–N with tert-alkyl or cyclic N) is 1. The molecule has 2 amide bonds.